The van der Waals surface area contributed by atoms with Crippen LogP contribution in [0.15, 0.2) is 59.7 Å². The summed E-state index contributed by atoms with van der Waals surface area (Å²) in [6.07, 6.45) is 0.584. The molecule has 3 rings (SSSR count). The smallest absolute Gasteiger partial charge is 0.318 e. The number of rotatable bonds is 5. The Kier molecular flexibility index (Phi) is 6.63. The van der Waals surface area contributed by atoms with E-state index in [1.807, 2.05) is 75.4 Å². The van der Waals surface area contributed by atoms with Crippen LogP contribution in [-0.4, -0.2) is 53.8 Å². The van der Waals surface area contributed by atoms with Crippen LogP contribution in [0, 0.1) is 0 Å². The molecule has 1 N–H and O–H groups in total. The lowest BCUT2D eigenvalue weighted by atomic mass is 9.98. The molecule has 1 aliphatic rings. The van der Waals surface area contributed by atoms with E-state index in [0.29, 0.717) is 6.42 Å². The first kappa shape index (κ1) is 22.3. The minimum Gasteiger partial charge on any atom is -0.497 e. The van der Waals surface area contributed by atoms with Gasteiger partial charge in [-0.25, -0.2) is 9.80 Å². The van der Waals surface area contributed by atoms with Crippen LogP contribution in [0.25, 0.3) is 0 Å². The van der Waals surface area contributed by atoms with Gasteiger partial charge >= 0.3 is 6.03 Å². The number of hydrazone groups is 1. The summed E-state index contributed by atoms with van der Waals surface area (Å²) in [4.78, 5) is 27.0. The zero-order valence-electron chi connectivity index (χ0n) is 18.8. The number of likely N-dealkylation sites (N-methyl/N-ethyl adjacent to an activating group) is 1. The quantitative estimate of drug-likeness (QED) is 0.796. The van der Waals surface area contributed by atoms with Crippen molar-refractivity contribution in [2.75, 3.05) is 20.7 Å². The lowest BCUT2D eigenvalue weighted by molar-refractivity contribution is -0.133. The highest BCUT2D eigenvalue weighted by Gasteiger charge is 2.34. The Labute approximate surface area is 183 Å². The highest BCUT2D eigenvalue weighted by molar-refractivity contribution is 6.03. The average Bonchev–Trinajstić information content (AvgIpc) is 3.19. The third kappa shape index (κ3) is 5.63. The molecule has 2 aromatic rings. The van der Waals surface area contributed by atoms with Gasteiger partial charge in [0.25, 0.3) is 5.91 Å². The first-order valence-electron chi connectivity index (χ1n) is 10.3. The summed E-state index contributed by atoms with van der Waals surface area (Å²) in [6, 6.07) is 17.0. The van der Waals surface area contributed by atoms with E-state index in [1.54, 1.807) is 14.2 Å². The number of methoxy groups -OCH3 is 1. The molecule has 0 spiro atoms. The Bertz CT molecular complexity index is 966. The van der Waals surface area contributed by atoms with E-state index in [0.717, 1.165) is 22.6 Å². The first-order chi connectivity index (χ1) is 14.7. The third-order valence-electron chi connectivity index (χ3n) is 4.95. The van der Waals surface area contributed by atoms with Crippen LogP contribution >= 0.6 is 0 Å². The van der Waals surface area contributed by atoms with E-state index in [-0.39, 0.29) is 30.1 Å². The van der Waals surface area contributed by atoms with Crippen molar-refractivity contribution in [1.82, 2.24) is 15.2 Å². The molecule has 31 heavy (non-hydrogen) atoms. The van der Waals surface area contributed by atoms with Crippen LogP contribution in [0.4, 0.5) is 4.79 Å². The molecule has 164 valence electrons. The van der Waals surface area contributed by atoms with Crippen LogP contribution in [0.1, 0.15) is 44.4 Å². The second-order valence-electron chi connectivity index (χ2n) is 8.68. The zero-order valence-corrected chi connectivity index (χ0v) is 18.8. The van der Waals surface area contributed by atoms with E-state index in [2.05, 4.69) is 10.4 Å². The fourth-order valence-electron chi connectivity index (χ4n) is 3.42. The number of amides is 3. The normalized spacial score (nSPS) is 16.0. The number of nitrogens with zero attached hydrogens (tertiary/aromatic N) is 3. The molecule has 1 unspecified atom stereocenters. The van der Waals surface area contributed by atoms with Crippen molar-refractivity contribution in [2.24, 2.45) is 5.10 Å². The Morgan fingerprint density at radius 3 is 2.52 bits per heavy atom. The lowest BCUT2D eigenvalue weighted by Gasteiger charge is -2.27. The molecule has 0 aromatic heterocycles. The van der Waals surface area contributed by atoms with E-state index >= 15 is 0 Å². The van der Waals surface area contributed by atoms with Gasteiger partial charge in [-0.3, -0.25) is 4.79 Å². The van der Waals surface area contributed by atoms with Gasteiger partial charge in [-0.1, -0.05) is 42.5 Å². The van der Waals surface area contributed by atoms with Crippen molar-refractivity contribution in [1.29, 1.82) is 0 Å². The Morgan fingerprint density at radius 2 is 1.87 bits per heavy atom. The number of hydrogen-bond donors (Lipinski definition) is 1. The number of hydrogen-bond acceptors (Lipinski definition) is 4. The minimum atomic E-state index is -0.383. The summed E-state index contributed by atoms with van der Waals surface area (Å²) >= 11 is 0. The monoisotopic (exact) mass is 422 g/mol. The van der Waals surface area contributed by atoms with Crippen LogP contribution in [-0.2, 0) is 4.79 Å². The summed E-state index contributed by atoms with van der Waals surface area (Å²) in [6.45, 7) is 5.63. The SMILES string of the molecule is COc1cccc(C2=NN(C(=O)CN(C)C(=O)NC(C)(C)C)C(c3ccccc3)C2)c1. The summed E-state index contributed by atoms with van der Waals surface area (Å²) in [5.74, 6) is 0.498. The van der Waals surface area contributed by atoms with Gasteiger partial charge in [-0.2, -0.15) is 5.10 Å². The zero-order chi connectivity index (χ0) is 22.6. The van der Waals surface area contributed by atoms with Crippen molar-refractivity contribution < 1.29 is 14.3 Å². The fourth-order valence-corrected chi connectivity index (χ4v) is 3.42. The van der Waals surface area contributed by atoms with Crippen molar-refractivity contribution in [2.45, 2.75) is 38.8 Å². The van der Waals surface area contributed by atoms with Crippen molar-refractivity contribution in [3.05, 3.63) is 65.7 Å². The highest BCUT2D eigenvalue weighted by atomic mass is 16.5. The number of benzene rings is 2. The van der Waals surface area contributed by atoms with Gasteiger partial charge in [0.1, 0.15) is 12.3 Å². The van der Waals surface area contributed by atoms with Gasteiger partial charge in [0.05, 0.1) is 18.9 Å². The topological polar surface area (TPSA) is 74.2 Å². The molecule has 7 nitrogen and oxygen atoms in total. The van der Waals surface area contributed by atoms with Gasteiger partial charge in [0.2, 0.25) is 0 Å². The predicted molar refractivity (Wildman–Crippen MR) is 121 cm³/mol. The number of carbonyl (C=O) groups is 2. The number of nitrogens with one attached hydrogen (secondary N) is 1. The molecule has 0 fully saturated rings. The van der Waals surface area contributed by atoms with Crippen LogP contribution in [0.5, 0.6) is 5.75 Å². The molecule has 0 bridgehead atoms. The van der Waals surface area contributed by atoms with Crippen molar-refractivity contribution in [3.63, 3.8) is 0 Å². The van der Waals surface area contributed by atoms with Gasteiger partial charge in [-0.05, 0) is 38.5 Å². The van der Waals surface area contributed by atoms with Gasteiger partial charge in [0, 0.05) is 24.6 Å². The average molecular weight is 423 g/mol. The number of ether oxygens (including phenoxy) is 1. The second kappa shape index (κ2) is 9.20. The van der Waals surface area contributed by atoms with E-state index in [4.69, 9.17) is 4.74 Å². The predicted octanol–water partition coefficient (Wildman–Crippen LogP) is 3.81. The molecule has 1 aliphatic heterocycles. The second-order valence-corrected chi connectivity index (χ2v) is 8.68. The molecule has 1 heterocycles. The largest absolute Gasteiger partial charge is 0.497 e. The van der Waals surface area contributed by atoms with Gasteiger partial charge in [0.15, 0.2) is 0 Å². The molecule has 3 amide bonds. The van der Waals surface area contributed by atoms with Crippen LogP contribution < -0.4 is 10.1 Å². The highest BCUT2D eigenvalue weighted by Crippen LogP contribution is 2.33. The molecular weight excluding hydrogens is 392 g/mol. The van der Waals surface area contributed by atoms with Crippen LogP contribution in [0.2, 0.25) is 0 Å². The summed E-state index contributed by atoms with van der Waals surface area (Å²) in [5, 5.41) is 9.04. The molecule has 7 heteroatoms. The summed E-state index contributed by atoms with van der Waals surface area (Å²) in [7, 11) is 3.23. The van der Waals surface area contributed by atoms with Crippen molar-refractivity contribution >= 4 is 17.6 Å². The van der Waals surface area contributed by atoms with E-state index in [9.17, 15) is 9.59 Å². The lowest BCUT2D eigenvalue weighted by Crippen LogP contribution is -2.49. The molecule has 1 atom stereocenters. The molecular formula is C24H30N4O3. The Morgan fingerprint density at radius 1 is 1.16 bits per heavy atom. The standard InChI is InChI=1S/C24H30N4O3/c1-24(2,3)25-23(30)27(4)16-22(29)28-21(17-10-7-6-8-11-17)15-20(26-28)18-12-9-13-19(14-18)31-5/h6-14,21H,15-16H2,1-5H3,(H,25,30). The molecule has 0 radical (unpaired) electrons. The fraction of sp³-hybridized carbons (Fsp3) is 0.375. The van der Waals surface area contributed by atoms with Gasteiger partial charge < -0.3 is 15.0 Å². The van der Waals surface area contributed by atoms with E-state index < -0.39 is 0 Å². The van der Waals surface area contributed by atoms with E-state index in [1.165, 1.54) is 9.91 Å². The first-order valence-corrected chi connectivity index (χ1v) is 10.3. The molecule has 0 aliphatic carbocycles. The summed E-state index contributed by atoms with van der Waals surface area (Å²) in [5.41, 5.74) is 2.34. The maximum Gasteiger partial charge on any atom is 0.318 e. The Balaban J connectivity index is 1.84. The maximum atomic E-state index is 13.2. The molecule has 0 saturated heterocycles. The van der Waals surface area contributed by atoms with Crippen molar-refractivity contribution in [3.8, 4) is 5.75 Å². The molecule has 0 saturated carbocycles. The van der Waals surface area contributed by atoms with Gasteiger partial charge in [-0.15, -0.1) is 0 Å². The molecule has 2 aromatic carbocycles. The summed E-state index contributed by atoms with van der Waals surface area (Å²) < 4.78 is 5.33. The van der Waals surface area contributed by atoms with Crippen LogP contribution in [0.3, 0.4) is 0 Å². The number of carbonyl (C=O) groups excluding carboxylic acids is 2. The minimum absolute atomic E-state index is 0.0693. The third-order valence-corrected chi connectivity index (χ3v) is 4.95. The Hall–Kier alpha value is -3.35. The number of urea groups is 1. The maximum absolute atomic E-state index is 13.2.